The lowest BCUT2D eigenvalue weighted by Gasteiger charge is -2.33. The minimum absolute atomic E-state index is 0.0388. The first-order chi connectivity index (χ1) is 14.0. The number of anilines is 1. The van der Waals surface area contributed by atoms with Gasteiger partial charge in [0.1, 0.15) is 5.41 Å². The molecule has 0 saturated carbocycles. The Hall–Kier alpha value is -3.42. The number of H-pyrrole nitrogens is 1. The second kappa shape index (κ2) is 6.30. The number of likely N-dealkylation sites (tertiary alicyclic amines) is 1. The van der Waals surface area contributed by atoms with Crippen molar-refractivity contribution in [2.75, 3.05) is 11.9 Å². The monoisotopic (exact) mass is 390 g/mol. The van der Waals surface area contributed by atoms with E-state index < -0.39 is 11.5 Å². The molecule has 3 aromatic rings. The van der Waals surface area contributed by atoms with Crippen molar-refractivity contribution in [3.8, 4) is 0 Å². The van der Waals surface area contributed by atoms with Gasteiger partial charge >= 0.3 is 0 Å². The van der Waals surface area contributed by atoms with Gasteiger partial charge in [0.05, 0.1) is 30.7 Å². The van der Waals surface area contributed by atoms with Crippen LogP contribution in [-0.4, -0.2) is 43.0 Å². The number of rotatable bonds is 3. The van der Waals surface area contributed by atoms with Crippen LogP contribution < -0.4 is 5.32 Å². The molecule has 5 rings (SSSR count). The van der Waals surface area contributed by atoms with Gasteiger partial charge in [-0.15, -0.1) is 0 Å². The zero-order valence-electron chi connectivity index (χ0n) is 16.3. The van der Waals surface area contributed by atoms with Crippen molar-refractivity contribution in [1.82, 2.24) is 24.6 Å². The summed E-state index contributed by atoms with van der Waals surface area (Å²) in [5.74, 6) is -0.0955. The minimum Gasteiger partial charge on any atom is -0.348 e. The molecule has 4 heterocycles. The second-order valence-corrected chi connectivity index (χ2v) is 7.81. The number of amides is 2. The van der Waals surface area contributed by atoms with Gasteiger partial charge in [-0.3, -0.25) is 14.3 Å². The lowest BCUT2D eigenvalue weighted by molar-refractivity contribution is -0.132. The summed E-state index contributed by atoms with van der Waals surface area (Å²) in [6.07, 6.45) is 6.02. The quantitative estimate of drug-likeness (QED) is 0.713. The first-order valence-corrected chi connectivity index (χ1v) is 9.68. The van der Waals surface area contributed by atoms with E-state index in [1.165, 1.54) is 0 Å². The fourth-order valence-corrected chi connectivity index (χ4v) is 4.81. The summed E-state index contributed by atoms with van der Waals surface area (Å²) in [5.41, 5.74) is 3.44. The third kappa shape index (κ3) is 2.52. The maximum absolute atomic E-state index is 13.3. The lowest BCUT2D eigenvalue weighted by Crippen LogP contribution is -2.43. The smallest absolute Gasteiger partial charge is 0.237 e. The summed E-state index contributed by atoms with van der Waals surface area (Å²) in [6.45, 7) is 2.41. The summed E-state index contributed by atoms with van der Waals surface area (Å²) >= 11 is 0. The summed E-state index contributed by atoms with van der Waals surface area (Å²) in [6, 6.07) is 7.35. The van der Waals surface area contributed by atoms with Crippen molar-refractivity contribution in [1.29, 1.82) is 0 Å². The number of carbonyl (C=O) groups is 2. The van der Waals surface area contributed by atoms with E-state index in [4.69, 9.17) is 0 Å². The number of imidazole rings is 1. The molecule has 0 bridgehead atoms. The van der Waals surface area contributed by atoms with Gasteiger partial charge in [0.2, 0.25) is 11.8 Å². The predicted octanol–water partition coefficient (Wildman–Crippen LogP) is 1.86. The van der Waals surface area contributed by atoms with Crippen molar-refractivity contribution >= 4 is 17.5 Å². The van der Waals surface area contributed by atoms with Crippen LogP contribution in [0, 0.1) is 6.92 Å². The van der Waals surface area contributed by atoms with Gasteiger partial charge in [-0.05, 0) is 25.0 Å². The lowest BCUT2D eigenvalue weighted by atomic mass is 9.73. The number of benzene rings is 1. The fourth-order valence-electron chi connectivity index (χ4n) is 4.81. The molecule has 8 heteroatoms. The van der Waals surface area contributed by atoms with Crippen LogP contribution in [0.2, 0.25) is 0 Å². The number of hydrogen-bond donors (Lipinski definition) is 2. The van der Waals surface area contributed by atoms with Crippen LogP contribution in [0.1, 0.15) is 35.0 Å². The Morgan fingerprint density at radius 1 is 1.34 bits per heavy atom. The molecule has 2 amide bonds. The van der Waals surface area contributed by atoms with Crippen molar-refractivity contribution in [3.63, 3.8) is 0 Å². The van der Waals surface area contributed by atoms with Gasteiger partial charge in [-0.1, -0.05) is 18.2 Å². The topological polar surface area (TPSA) is 95.9 Å². The van der Waals surface area contributed by atoms with Gasteiger partial charge in [-0.25, -0.2) is 4.98 Å². The number of nitrogens with one attached hydrogen (secondary N) is 2. The van der Waals surface area contributed by atoms with Crippen molar-refractivity contribution in [3.05, 3.63) is 65.5 Å². The summed E-state index contributed by atoms with van der Waals surface area (Å²) in [7, 11) is 1.84. The average Bonchev–Trinajstić information content (AvgIpc) is 3.45. The molecule has 1 saturated heterocycles. The highest BCUT2D eigenvalue weighted by molar-refractivity contribution is 6.07. The number of fused-ring (bicyclic) bond motifs is 2. The highest BCUT2D eigenvalue weighted by atomic mass is 16.2. The van der Waals surface area contributed by atoms with E-state index in [9.17, 15) is 9.59 Å². The van der Waals surface area contributed by atoms with E-state index in [2.05, 4.69) is 20.4 Å². The first kappa shape index (κ1) is 17.7. The number of para-hydroxylation sites is 1. The molecular formula is C21H22N6O2. The Balaban J connectivity index is 1.60. The highest BCUT2D eigenvalue weighted by Gasteiger charge is 2.59. The Morgan fingerprint density at radius 2 is 2.17 bits per heavy atom. The van der Waals surface area contributed by atoms with E-state index in [0.717, 1.165) is 28.2 Å². The van der Waals surface area contributed by atoms with Crippen molar-refractivity contribution in [2.24, 2.45) is 7.05 Å². The normalized spacial score (nSPS) is 22.9. The van der Waals surface area contributed by atoms with Gasteiger partial charge in [0.15, 0.2) is 0 Å². The highest BCUT2D eigenvalue weighted by Crippen LogP contribution is 2.54. The molecular weight excluding hydrogens is 368 g/mol. The van der Waals surface area contributed by atoms with Crippen molar-refractivity contribution in [2.45, 2.75) is 31.2 Å². The Bertz CT molecular complexity index is 1120. The molecule has 1 aromatic carbocycles. The third-order valence-electron chi connectivity index (χ3n) is 6.20. The Morgan fingerprint density at radius 3 is 2.90 bits per heavy atom. The fraction of sp³-hybridized carbons (Fsp3) is 0.333. The first-order valence-electron chi connectivity index (χ1n) is 9.68. The SMILES string of the molecule is Cc1[nH]cnc1CC(=O)N1CC[C@]2(C(=O)Nc3ccccc32)[C@@H]1c1cnn(C)c1. The van der Waals surface area contributed by atoms with Gasteiger partial charge in [-0.2, -0.15) is 5.10 Å². The summed E-state index contributed by atoms with van der Waals surface area (Å²) < 4.78 is 1.71. The molecule has 2 N–H and O–H groups in total. The van der Waals surface area contributed by atoms with E-state index in [1.807, 2.05) is 49.3 Å². The van der Waals surface area contributed by atoms with E-state index in [-0.39, 0.29) is 18.2 Å². The number of aryl methyl sites for hydroxylation is 2. The van der Waals surface area contributed by atoms with E-state index in [0.29, 0.717) is 13.0 Å². The van der Waals surface area contributed by atoms with Crippen LogP contribution in [-0.2, 0) is 28.5 Å². The van der Waals surface area contributed by atoms with Gasteiger partial charge in [0.25, 0.3) is 0 Å². The number of aromatic nitrogens is 4. The molecule has 29 heavy (non-hydrogen) atoms. The maximum atomic E-state index is 13.3. The van der Waals surface area contributed by atoms with Crippen LogP contribution in [0.4, 0.5) is 5.69 Å². The molecule has 0 unspecified atom stereocenters. The number of carbonyl (C=O) groups excluding carboxylic acids is 2. The molecule has 1 spiro atoms. The number of hydrogen-bond acceptors (Lipinski definition) is 4. The van der Waals surface area contributed by atoms with Crippen LogP contribution in [0.5, 0.6) is 0 Å². The average molecular weight is 390 g/mol. The van der Waals surface area contributed by atoms with Crippen LogP contribution >= 0.6 is 0 Å². The molecule has 2 atom stereocenters. The van der Waals surface area contributed by atoms with Crippen LogP contribution in [0.25, 0.3) is 0 Å². The largest absolute Gasteiger partial charge is 0.348 e. The Kier molecular flexibility index (Phi) is 3.84. The minimum atomic E-state index is -0.810. The second-order valence-electron chi connectivity index (χ2n) is 7.81. The summed E-state index contributed by atoms with van der Waals surface area (Å²) in [5, 5.41) is 7.34. The molecule has 148 valence electrons. The van der Waals surface area contributed by atoms with Crippen LogP contribution in [0.15, 0.2) is 43.0 Å². The molecule has 8 nitrogen and oxygen atoms in total. The van der Waals surface area contributed by atoms with Gasteiger partial charge in [0, 0.05) is 36.7 Å². The molecule has 0 radical (unpaired) electrons. The van der Waals surface area contributed by atoms with E-state index >= 15 is 0 Å². The van der Waals surface area contributed by atoms with Gasteiger partial charge < -0.3 is 15.2 Å². The molecule has 2 aliphatic rings. The maximum Gasteiger partial charge on any atom is 0.237 e. The number of aromatic amines is 1. The third-order valence-corrected chi connectivity index (χ3v) is 6.20. The summed E-state index contributed by atoms with van der Waals surface area (Å²) in [4.78, 5) is 35.7. The van der Waals surface area contributed by atoms with Crippen molar-refractivity contribution < 1.29 is 9.59 Å². The molecule has 2 aromatic heterocycles. The molecule has 0 aliphatic carbocycles. The number of nitrogens with zero attached hydrogens (tertiary/aromatic N) is 4. The predicted molar refractivity (Wildman–Crippen MR) is 106 cm³/mol. The van der Waals surface area contributed by atoms with Crippen LogP contribution in [0.3, 0.4) is 0 Å². The molecule has 2 aliphatic heterocycles. The zero-order chi connectivity index (χ0) is 20.2. The Labute approximate surface area is 167 Å². The zero-order valence-corrected chi connectivity index (χ0v) is 16.3. The van der Waals surface area contributed by atoms with E-state index in [1.54, 1.807) is 17.2 Å². The standard InChI is InChI=1S/C21H22N6O2/c1-13-17(23-12-22-13)9-18(28)27-8-7-21(19(27)14-10-24-26(2)11-14)15-5-3-4-6-16(15)25-20(21)29/h3-6,10-12,19H,7-9H2,1-2H3,(H,22,23)(H,25,29)/t19-,21+/m0/s1. The molecule has 1 fully saturated rings.